The van der Waals surface area contributed by atoms with Gasteiger partial charge in [0, 0.05) is 16.9 Å². The Labute approximate surface area is 207 Å². The van der Waals surface area contributed by atoms with E-state index in [2.05, 4.69) is 22.3 Å². The van der Waals surface area contributed by atoms with Crippen LogP contribution in [0, 0.1) is 13.8 Å². The molecule has 0 spiro atoms. The zero-order chi connectivity index (χ0) is 25.4. The summed E-state index contributed by atoms with van der Waals surface area (Å²) >= 11 is 0. The molecule has 3 rings (SSSR count). The monoisotopic (exact) mass is 493 g/mol. The first-order valence-corrected chi connectivity index (χ1v) is 13.0. The average Bonchev–Trinajstić information content (AvgIpc) is 2.84. The highest BCUT2D eigenvalue weighted by Crippen LogP contribution is 2.20. The van der Waals surface area contributed by atoms with Gasteiger partial charge in [-0.05, 0) is 73.7 Å². The third kappa shape index (κ3) is 7.16. The molecule has 0 atom stereocenters. The molecular weight excluding hydrogens is 462 g/mol. The van der Waals surface area contributed by atoms with Crippen LogP contribution in [0.1, 0.15) is 46.8 Å². The summed E-state index contributed by atoms with van der Waals surface area (Å²) in [6.07, 6.45) is 3.12. The van der Waals surface area contributed by atoms with Crippen LogP contribution in [0.4, 0.5) is 11.4 Å². The number of nitrogens with one attached hydrogen (secondary N) is 3. The second-order valence-electron chi connectivity index (χ2n) is 8.43. The van der Waals surface area contributed by atoms with Crippen molar-refractivity contribution in [3.8, 4) is 0 Å². The maximum absolute atomic E-state index is 12.9. The van der Waals surface area contributed by atoms with Gasteiger partial charge in [-0.15, -0.1) is 0 Å². The van der Waals surface area contributed by atoms with Crippen LogP contribution in [0.3, 0.4) is 0 Å². The van der Waals surface area contributed by atoms with Gasteiger partial charge in [0.1, 0.15) is 0 Å². The minimum Gasteiger partial charge on any atom is -0.343 e. The highest BCUT2D eigenvalue weighted by atomic mass is 32.2. The fourth-order valence-electron chi connectivity index (χ4n) is 3.60. The minimum atomic E-state index is -3.89. The van der Waals surface area contributed by atoms with Crippen LogP contribution >= 0.6 is 0 Å². The molecular formula is C27H31N3O4S. The van der Waals surface area contributed by atoms with E-state index in [1.54, 1.807) is 12.1 Å². The summed E-state index contributed by atoms with van der Waals surface area (Å²) in [5, 5.41) is 5.35. The second kappa shape index (κ2) is 11.7. The standard InChI is InChI=1S/C27H31N3O4S/c1-4-5-10-21-13-15-23(16-14-21)30-35(33,34)24-12-7-11-22(17-24)27(32)28-18-25(31)29-26-19(2)8-6-9-20(26)3/h6-9,11-17,30H,4-5,10,18H2,1-3H3,(H,28,32)(H,29,31). The van der Waals surface area contributed by atoms with E-state index in [-0.39, 0.29) is 22.9 Å². The molecule has 0 heterocycles. The number of carbonyl (C=O) groups excluding carboxylic acids is 2. The van der Waals surface area contributed by atoms with Crippen LogP contribution in [-0.4, -0.2) is 26.8 Å². The molecule has 0 saturated heterocycles. The lowest BCUT2D eigenvalue weighted by Gasteiger charge is -2.12. The quantitative estimate of drug-likeness (QED) is 0.377. The zero-order valence-electron chi connectivity index (χ0n) is 20.2. The number of anilines is 2. The normalized spacial score (nSPS) is 11.1. The lowest BCUT2D eigenvalue weighted by molar-refractivity contribution is -0.115. The summed E-state index contributed by atoms with van der Waals surface area (Å²) in [6.45, 7) is 5.66. The lowest BCUT2D eigenvalue weighted by atomic mass is 10.1. The van der Waals surface area contributed by atoms with Crippen molar-refractivity contribution in [3.05, 3.63) is 89.0 Å². The SMILES string of the molecule is CCCCc1ccc(NS(=O)(=O)c2cccc(C(=O)NCC(=O)Nc3c(C)cccc3C)c2)cc1. The highest BCUT2D eigenvalue weighted by Gasteiger charge is 2.17. The molecule has 0 radical (unpaired) electrons. The third-order valence-electron chi connectivity index (χ3n) is 5.59. The van der Waals surface area contributed by atoms with E-state index in [0.29, 0.717) is 11.4 Å². The van der Waals surface area contributed by atoms with Crippen molar-refractivity contribution in [1.82, 2.24) is 5.32 Å². The van der Waals surface area contributed by atoms with Gasteiger partial charge in [0.2, 0.25) is 5.91 Å². The molecule has 0 saturated carbocycles. The Morgan fingerprint density at radius 2 is 1.54 bits per heavy atom. The maximum Gasteiger partial charge on any atom is 0.261 e. The Balaban J connectivity index is 1.63. The highest BCUT2D eigenvalue weighted by molar-refractivity contribution is 7.92. The van der Waals surface area contributed by atoms with Gasteiger partial charge in [0.25, 0.3) is 15.9 Å². The summed E-state index contributed by atoms with van der Waals surface area (Å²) in [6, 6.07) is 18.7. The van der Waals surface area contributed by atoms with Crippen LogP contribution in [0.15, 0.2) is 71.6 Å². The molecule has 0 bridgehead atoms. The van der Waals surface area contributed by atoms with Gasteiger partial charge in [-0.25, -0.2) is 8.42 Å². The van der Waals surface area contributed by atoms with Crippen LogP contribution in [0.2, 0.25) is 0 Å². The van der Waals surface area contributed by atoms with Gasteiger partial charge in [-0.2, -0.15) is 0 Å². The van der Waals surface area contributed by atoms with Crippen LogP contribution in [0.5, 0.6) is 0 Å². The molecule has 0 aliphatic carbocycles. The molecule has 0 fully saturated rings. The van der Waals surface area contributed by atoms with Crippen molar-refractivity contribution in [3.63, 3.8) is 0 Å². The van der Waals surface area contributed by atoms with Crippen molar-refractivity contribution in [2.24, 2.45) is 0 Å². The molecule has 0 aliphatic rings. The summed E-state index contributed by atoms with van der Waals surface area (Å²) in [4.78, 5) is 24.9. The van der Waals surface area contributed by atoms with Crippen molar-refractivity contribution in [2.75, 3.05) is 16.6 Å². The zero-order valence-corrected chi connectivity index (χ0v) is 21.0. The molecule has 3 aromatic rings. The van der Waals surface area contributed by atoms with E-state index in [9.17, 15) is 18.0 Å². The van der Waals surface area contributed by atoms with Gasteiger partial charge in [0.15, 0.2) is 0 Å². The fraction of sp³-hybridized carbons (Fsp3) is 0.259. The maximum atomic E-state index is 12.9. The molecule has 2 amide bonds. The Bertz CT molecular complexity index is 1280. The van der Waals surface area contributed by atoms with Crippen molar-refractivity contribution in [2.45, 2.75) is 44.9 Å². The van der Waals surface area contributed by atoms with Crippen molar-refractivity contribution in [1.29, 1.82) is 0 Å². The van der Waals surface area contributed by atoms with Crippen molar-refractivity contribution >= 4 is 33.2 Å². The van der Waals surface area contributed by atoms with E-state index in [4.69, 9.17) is 0 Å². The van der Waals surface area contributed by atoms with Gasteiger partial charge in [0.05, 0.1) is 11.4 Å². The number of benzene rings is 3. The molecule has 8 heteroatoms. The third-order valence-corrected chi connectivity index (χ3v) is 6.97. The summed E-state index contributed by atoms with van der Waals surface area (Å²) in [5.74, 6) is -0.914. The first-order valence-electron chi connectivity index (χ1n) is 11.6. The number of carbonyl (C=O) groups is 2. The molecule has 3 aromatic carbocycles. The smallest absolute Gasteiger partial charge is 0.261 e. The van der Waals surface area contributed by atoms with E-state index in [0.717, 1.165) is 36.0 Å². The van der Waals surface area contributed by atoms with Crippen LogP contribution in [0.25, 0.3) is 0 Å². The van der Waals surface area contributed by atoms with Crippen LogP contribution in [-0.2, 0) is 21.2 Å². The predicted molar refractivity (Wildman–Crippen MR) is 139 cm³/mol. The Morgan fingerprint density at radius 1 is 0.886 bits per heavy atom. The number of hydrogen-bond acceptors (Lipinski definition) is 4. The number of unbranched alkanes of at least 4 members (excludes halogenated alkanes) is 1. The lowest BCUT2D eigenvalue weighted by Crippen LogP contribution is -2.33. The largest absolute Gasteiger partial charge is 0.343 e. The van der Waals surface area contributed by atoms with E-state index >= 15 is 0 Å². The van der Waals surface area contributed by atoms with E-state index in [1.165, 1.54) is 24.3 Å². The topological polar surface area (TPSA) is 104 Å². The molecule has 0 aromatic heterocycles. The molecule has 0 unspecified atom stereocenters. The Hall–Kier alpha value is -3.65. The van der Waals surface area contributed by atoms with Crippen LogP contribution < -0.4 is 15.4 Å². The summed E-state index contributed by atoms with van der Waals surface area (Å²) in [7, 11) is -3.89. The molecule has 3 N–H and O–H groups in total. The first kappa shape index (κ1) is 26.0. The fourth-order valence-corrected chi connectivity index (χ4v) is 4.70. The van der Waals surface area contributed by atoms with E-state index < -0.39 is 15.9 Å². The second-order valence-corrected chi connectivity index (χ2v) is 10.1. The van der Waals surface area contributed by atoms with Gasteiger partial charge in [-0.1, -0.05) is 49.7 Å². The first-order chi connectivity index (χ1) is 16.7. The predicted octanol–water partition coefficient (Wildman–Crippen LogP) is 4.82. The number of rotatable bonds is 10. The van der Waals surface area contributed by atoms with E-state index in [1.807, 2.05) is 44.2 Å². The Morgan fingerprint density at radius 3 is 2.20 bits per heavy atom. The summed E-state index contributed by atoms with van der Waals surface area (Å²) in [5.41, 5.74) is 4.29. The number of aryl methyl sites for hydroxylation is 3. The number of hydrogen-bond donors (Lipinski definition) is 3. The molecule has 35 heavy (non-hydrogen) atoms. The Kier molecular flexibility index (Phi) is 8.65. The van der Waals surface area contributed by atoms with Gasteiger partial charge >= 0.3 is 0 Å². The molecule has 184 valence electrons. The summed E-state index contributed by atoms with van der Waals surface area (Å²) < 4.78 is 28.3. The van der Waals surface area contributed by atoms with Gasteiger partial charge < -0.3 is 10.6 Å². The van der Waals surface area contributed by atoms with Gasteiger partial charge in [-0.3, -0.25) is 14.3 Å². The number of sulfonamides is 1. The molecule has 0 aliphatic heterocycles. The number of para-hydroxylation sites is 1. The molecule has 7 nitrogen and oxygen atoms in total. The van der Waals surface area contributed by atoms with Crippen molar-refractivity contribution < 1.29 is 18.0 Å². The minimum absolute atomic E-state index is 0.0415. The average molecular weight is 494 g/mol. The number of amides is 2.